The van der Waals surface area contributed by atoms with Crippen molar-refractivity contribution in [1.82, 2.24) is 40.0 Å². The highest BCUT2D eigenvalue weighted by molar-refractivity contribution is 5.98. The fraction of sp³-hybridized carbons (Fsp3) is 0.567. The molecule has 0 aromatic carbocycles. The van der Waals surface area contributed by atoms with E-state index in [9.17, 15) is 31.5 Å². The summed E-state index contributed by atoms with van der Waals surface area (Å²) in [6, 6.07) is 1.55. The summed E-state index contributed by atoms with van der Waals surface area (Å²) in [7, 11) is 0. The first-order chi connectivity index (χ1) is 22.3. The molecule has 12 nitrogen and oxygen atoms in total. The van der Waals surface area contributed by atoms with Crippen molar-refractivity contribution in [1.29, 1.82) is 0 Å². The number of nitrogens with zero attached hydrogens (tertiary/aromatic N) is 7. The topological polar surface area (TPSA) is 131 Å². The van der Waals surface area contributed by atoms with Crippen molar-refractivity contribution >= 4 is 35.3 Å². The lowest BCUT2D eigenvalue weighted by Gasteiger charge is -2.30. The van der Waals surface area contributed by atoms with Crippen LogP contribution in [0.15, 0.2) is 24.0 Å². The number of imidazole rings is 1. The fourth-order valence-electron chi connectivity index (χ4n) is 6.23. The molecule has 47 heavy (non-hydrogen) atoms. The zero-order valence-electron chi connectivity index (χ0n) is 25.9. The van der Waals surface area contributed by atoms with E-state index in [4.69, 9.17) is 9.72 Å². The summed E-state index contributed by atoms with van der Waals surface area (Å²) in [4.78, 5) is 35.5. The Morgan fingerprint density at radius 3 is 2.70 bits per heavy atom. The molecule has 1 aliphatic carbocycles. The van der Waals surface area contributed by atoms with Gasteiger partial charge in [0, 0.05) is 49.5 Å². The maximum Gasteiger partial charge on any atom is 0.393 e. The van der Waals surface area contributed by atoms with E-state index in [0.29, 0.717) is 31.1 Å². The van der Waals surface area contributed by atoms with Crippen molar-refractivity contribution < 1.29 is 40.9 Å². The molecule has 2 amide bonds. The van der Waals surface area contributed by atoms with Crippen LogP contribution in [0.4, 0.5) is 27.8 Å². The Morgan fingerprint density at radius 1 is 1.23 bits per heavy atom. The highest BCUT2D eigenvalue weighted by Gasteiger charge is 2.45. The Kier molecular flexibility index (Phi) is 8.84. The lowest BCUT2D eigenvalue weighted by molar-refractivity contribution is -0.458. The average Bonchev–Trinajstić information content (AvgIpc) is 3.67. The molecule has 0 radical (unpaired) electrons. The molecule has 0 unspecified atom stereocenters. The molecule has 17 heteroatoms. The molecule has 1 saturated carbocycles. The predicted octanol–water partition coefficient (Wildman–Crippen LogP) is 3.68. The summed E-state index contributed by atoms with van der Waals surface area (Å²) >= 11 is 0. The minimum Gasteiger partial charge on any atom is -0.367 e. The Balaban J connectivity index is 1.41. The van der Waals surface area contributed by atoms with Crippen LogP contribution in [-0.2, 0) is 22.5 Å². The minimum atomic E-state index is -4.47. The number of carbonyl (C=O) groups is 2. The van der Waals surface area contributed by atoms with Crippen molar-refractivity contribution in [3.8, 4) is 0 Å². The number of fused-ring (bicyclic) bond motifs is 1. The van der Waals surface area contributed by atoms with Gasteiger partial charge in [-0.15, -0.1) is 0 Å². The van der Waals surface area contributed by atoms with E-state index in [1.807, 2.05) is 13.8 Å². The van der Waals surface area contributed by atoms with Crippen LogP contribution in [0.2, 0.25) is 0 Å². The van der Waals surface area contributed by atoms with Gasteiger partial charge in [0.1, 0.15) is 24.0 Å². The van der Waals surface area contributed by atoms with Crippen molar-refractivity contribution in [2.45, 2.75) is 77.1 Å². The molecule has 3 atom stereocenters. The zero-order chi connectivity index (χ0) is 33.5. The second kappa shape index (κ2) is 12.7. The van der Waals surface area contributed by atoms with Crippen LogP contribution in [0.25, 0.3) is 11.5 Å². The van der Waals surface area contributed by atoms with Crippen molar-refractivity contribution in [3.05, 3.63) is 41.1 Å². The molecule has 1 saturated heterocycles. The number of allylic oxidation sites excluding steroid dienone is 1. The molecule has 252 valence electrons. The van der Waals surface area contributed by atoms with E-state index in [2.05, 4.69) is 25.8 Å². The number of amides is 2. The molecular weight excluding hydrogens is 629 g/mol. The number of rotatable bonds is 7. The summed E-state index contributed by atoms with van der Waals surface area (Å²) in [5, 5.41) is 14.1. The molecule has 0 bridgehead atoms. The lowest BCUT2D eigenvalue weighted by Crippen LogP contribution is -2.47. The summed E-state index contributed by atoms with van der Waals surface area (Å²) < 4.78 is 79.3. The first kappa shape index (κ1) is 32.7. The summed E-state index contributed by atoms with van der Waals surface area (Å²) in [5.74, 6) is -6.10. The number of piperidine rings is 1. The third-order valence-corrected chi connectivity index (χ3v) is 8.78. The fourth-order valence-corrected chi connectivity index (χ4v) is 6.23. The third-order valence-electron chi connectivity index (χ3n) is 8.78. The number of aromatic nitrogens is 6. The van der Waals surface area contributed by atoms with E-state index in [-0.39, 0.29) is 66.8 Å². The van der Waals surface area contributed by atoms with Crippen molar-refractivity contribution in [3.63, 3.8) is 0 Å². The SMILES string of the molecule is CCn1nccc1C(=O)NC(=C1CCC(F)(F)CC1)c1cn2nc(C[C@H]3C[C@@H](C(F)(F)F)CNC3=O)c([N+]3=C[C@H](C)OCC3)nc2n1. The van der Waals surface area contributed by atoms with Gasteiger partial charge >= 0.3 is 17.8 Å². The van der Waals surface area contributed by atoms with Gasteiger partial charge in [0.15, 0.2) is 5.69 Å². The Labute approximate surface area is 266 Å². The molecule has 3 aromatic heterocycles. The Hall–Kier alpha value is -4.28. The number of hydrogen-bond donors (Lipinski definition) is 2. The van der Waals surface area contributed by atoms with Gasteiger partial charge < -0.3 is 15.4 Å². The molecule has 2 aliphatic heterocycles. The van der Waals surface area contributed by atoms with E-state index in [1.165, 1.54) is 21.6 Å². The number of hydrogen-bond acceptors (Lipinski definition) is 7. The number of carbonyl (C=O) groups excluding carboxylic acids is 2. The number of alkyl halides is 5. The third kappa shape index (κ3) is 7.04. The normalized spacial score (nSPS) is 23.4. The van der Waals surface area contributed by atoms with Crippen LogP contribution in [-0.4, -0.2) is 89.9 Å². The van der Waals surface area contributed by atoms with Gasteiger partial charge in [-0.3, -0.25) is 14.3 Å². The van der Waals surface area contributed by atoms with Crippen LogP contribution in [0, 0.1) is 11.8 Å². The molecular formula is C30H35F5N9O3+. The standard InChI is InChI=1S/C30H34F5N9O3/c1-3-43-23(6-9-37-43)27(46)39-24(18-4-7-29(31,32)8-5-18)22-16-44-28(38-22)40-25(42-10-11-47-17(2)15-42)21(41-44)13-19-12-20(30(33,34)35)14-36-26(19)45/h6,9,15-17,19-20H,3-5,7-8,10-14H2,1-2H3,(H-,36,39,45,46)/p+1/t17-,19+,20+/m0/s1. The zero-order valence-corrected chi connectivity index (χ0v) is 25.9. The van der Waals surface area contributed by atoms with Crippen LogP contribution in [0.3, 0.4) is 0 Å². The highest BCUT2D eigenvalue weighted by Crippen LogP contribution is 2.39. The van der Waals surface area contributed by atoms with E-state index >= 15 is 0 Å². The molecule has 3 aliphatic rings. The molecule has 2 fully saturated rings. The number of halogens is 5. The molecule has 3 aromatic rings. The Bertz CT molecular complexity index is 1730. The second-order valence-electron chi connectivity index (χ2n) is 12.1. The van der Waals surface area contributed by atoms with E-state index < -0.39 is 48.7 Å². The highest BCUT2D eigenvalue weighted by atomic mass is 19.4. The Morgan fingerprint density at radius 2 is 2.00 bits per heavy atom. The minimum absolute atomic E-state index is 0.0265. The van der Waals surface area contributed by atoms with E-state index in [0.717, 1.165) is 0 Å². The van der Waals surface area contributed by atoms with Gasteiger partial charge in [-0.05, 0) is 44.7 Å². The quantitative estimate of drug-likeness (QED) is 0.291. The van der Waals surface area contributed by atoms with Gasteiger partial charge in [0.25, 0.3) is 5.91 Å². The smallest absolute Gasteiger partial charge is 0.367 e. The summed E-state index contributed by atoms with van der Waals surface area (Å²) in [5.41, 5.74) is 1.63. The van der Waals surface area contributed by atoms with Gasteiger partial charge in [-0.25, -0.2) is 13.4 Å². The maximum atomic E-state index is 14.1. The van der Waals surface area contributed by atoms with Crippen LogP contribution in [0.1, 0.15) is 67.8 Å². The molecule has 2 N–H and O–H groups in total. The van der Waals surface area contributed by atoms with E-state index in [1.54, 1.807) is 16.9 Å². The van der Waals surface area contributed by atoms with Gasteiger partial charge in [-0.1, -0.05) is 0 Å². The molecule has 5 heterocycles. The monoisotopic (exact) mass is 664 g/mol. The van der Waals surface area contributed by atoms with Crippen molar-refractivity contribution in [2.75, 3.05) is 19.7 Å². The first-order valence-corrected chi connectivity index (χ1v) is 15.6. The predicted molar refractivity (Wildman–Crippen MR) is 157 cm³/mol. The lowest BCUT2D eigenvalue weighted by atomic mass is 9.86. The maximum absolute atomic E-state index is 14.1. The average molecular weight is 665 g/mol. The number of ether oxygens (including phenoxy) is 1. The second-order valence-corrected chi connectivity index (χ2v) is 12.1. The van der Waals surface area contributed by atoms with Gasteiger partial charge in [0.2, 0.25) is 11.8 Å². The summed E-state index contributed by atoms with van der Waals surface area (Å²) in [6.45, 7) is 4.33. The first-order valence-electron chi connectivity index (χ1n) is 15.6. The number of nitrogens with one attached hydrogen (secondary N) is 2. The molecule has 6 rings (SSSR count). The van der Waals surface area contributed by atoms with Crippen molar-refractivity contribution in [2.24, 2.45) is 11.8 Å². The number of aryl methyl sites for hydroxylation is 1. The van der Waals surface area contributed by atoms with Gasteiger partial charge in [-0.2, -0.15) is 32.9 Å². The van der Waals surface area contributed by atoms with Gasteiger partial charge in [0.05, 0.1) is 30.6 Å². The van der Waals surface area contributed by atoms with Crippen LogP contribution < -0.4 is 10.6 Å². The van der Waals surface area contributed by atoms with Crippen LogP contribution in [0.5, 0.6) is 0 Å². The molecule has 0 spiro atoms. The van der Waals surface area contributed by atoms with Crippen LogP contribution >= 0.6 is 0 Å². The summed E-state index contributed by atoms with van der Waals surface area (Å²) in [6.07, 6.45) is -1.25. The largest absolute Gasteiger partial charge is 0.393 e.